The van der Waals surface area contributed by atoms with Crippen molar-refractivity contribution < 1.29 is 19.1 Å². The Hall–Kier alpha value is -2.61. The molecule has 0 aromatic heterocycles. The molecule has 7 nitrogen and oxygen atoms in total. The number of ketones is 1. The van der Waals surface area contributed by atoms with Gasteiger partial charge in [0.15, 0.2) is 11.9 Å². The maximum absolute atomic E-state index is 12.9. The fourth-order valence-electron chi connectivity index (χ4n) is 3.57. The van der Waals surface area contributed by atoms with Gasteiger partial charge in [0.1, 0.15) is 0 Å². The first-order chi connectivity index (χ1) is 17.0. The molecule has 0 aliphatic heterocycles. The molecule has 2 aromatic rings. The molecular weight excluding hydrogens is 525 g/mol. The van der Waals surface area contributed by atoms with Crippen molar-refractivity contribution in [2.75, 3.05) is 6.54 Å². The largest absolute Gasteiger partial charge is 0.465 e. The number of alkyl halides is 3. The molecule has 0 radical (unpaired) electrons. The molecule has 0 bridgehead atoms. The van der Waals surface area contributed by atoms with E-state index in [1.54, 1.807) is 24.3 Å². The molecule has 0 saturated carbocycles. The Bertz CT molecular complexity index is 1040. The lowest BCUT2D eigenvalue weighted by molar-refractivity contribution is -0.126. The van der Waals surface area contributed by atoms with Crippen LogP contribution in [-0.4, -0.2) is 39.9 Å². The van der Waals surface area contributed by atoms with E-state index in [4.69, 9.17) is 44.9 Å². The van der Waals surface area contributed by atoms with Gasteiger partial charge in [0, 0.05) is 26.8 Å². The highest BCUT2D eigenvalue weighted by atomic mass is 35.6. The number of carbonyl (C=O) groups excluding carboxylic acids is 3. The van der Waals surface area contributed by atoms with Crippen LogP contribution in [0.15, 0.2) is 54.6 Å². The third-order valence-electron chi connectivity index (χ3n) is 5.32. The van der Waals surface area contributed by atoms with Gasteiger partial charge in [0.2, 0.25) is 17.7 Å². The highest BCUT2D eigenvalue weighted by molar-refractivity contribution is 6.76. The van der Waals surface area contributed by atoms with Crippen molar-refractivity contribution in [3.63, 3.8) is 0 Å². The van der Waals surface area contributed by atoms with Crippen LogP contribution in [0.4, 0.5) is 0 Å². The van der Waals surface area contributed by atoms with Crippen LogP contribution in [0.25, 0.3) is 0 Å². The van der Waals surface area contributed by atoms with E-state index in [-0.39, 0.29) is 24.0 Å². The van der Waals surface area contributed by atoms with Gasteiger partial charge in [0.25, 0.3) is 3.79 Å². The number of rotatable bonds is 12. The first-order valence-corrected chi connectivity index (χ1v) is 12.6. The Morgan fingerprint density at radius 1 is 0.917 bits per heavy atom. The van der Waals surface area contributed by atoms with Crippen molar-refractivity contribution >= 4 is 58.3 Å². The molecule has 0 spiro atoms. The number of unbranched alkanes of at least 4 members (excludes halogenated alkanes) is 1. The van der Waals surface area contributed by atoms with Crippen LogP contribution in [0.1, 0.15) is 55.9 Å². The molecule has 36 heavy (non-hydrogen) atoms. The van der Waals surface area contributed by atoms with E-state index >= 15 is 0 Å². The van der Waals surface area contributed by atoms with E-state index in [9.17, 15) is 14.4 Å². The van der Waals surface area contributed by atoms with Gasteiger partial charge in [-0.3, -0.25) is 19.8 Å². The number of amides is 2. The molecule has 0 fully saturated rings. The summed E-state index contributed by atoms with van der Waals surface area (Å²) in [6.07, 6.45) is 1.33. The zero-order chi connectivity index (χ0) is 26.7. The monoisotopic (exact) mass is 553 g/mol. The fraction of sp³-hybridized carbons (Fsp3) is 0.385. The molecule has 0 aliphatic carbocycles. The van der Waals surface area contributed by atoms with Crippen molar-refractivity contribution in [3.8, 4) is 0 Å². The predicted molar refractivity (Wildman–Crippen MR) is 143 cm³/mol. The summed E-state index contributed by atoms with van der Waals surface area (Å²) in [7, 11) is 0. The van der Waals surface area contributed by atoms with Crippen LogP contribution in [-0.2, 0) is 25.5 Å². The van der Waals surface area contributed by atoms with Crippen molar-refractivity contribution in [1.82, 2.24) is 10.6 Å². The molecule has 2 rings (SSSR count). The van der Waals surface area contributed by atoms with Crippen LogP contribution < -0.4 is 10.6 Å². The van der Waals surface area contributed by atoms with Gasteiger partial charge in [-0.2, -0.15) is 0 Å². The number of hydrogen-bond acceptors (Lipinski definition) is 5. The van der Waals surface area contributed by atoms with Gasteiger partial charge in [-0.15, -0.1) is 0 Å². The minimum Gasteiger partial charge on any atom is -0.465 e. The third-order valence-corrected chi connectivity index (χ3v) is 5.83. The number of hydrogen-bond donors (Lipinski definition) is 3. The SMILES string of the molecule is CC(=O)NCCCCC(NC(C)=O)C(=O)Cc1ccc(C(OC(=N)C(Cl)(Cl)Cl)c2ccccc2)cc1. The Labute approximate surface area is 226 Å². The first-order valence-electron chi connectivity index (χ1n) is 11.5. The second kappa shape index (κ2) is 14.2. The first kappa shape index (κ1) is 29.6. The average Bonchev–Trinajstić information content (AvgIpc) is 2.81. The van der Waals surface area contributed by atoms with E-state index in [1.165, 1.54) is 13.8 Å². The molecule has 2 amide bonds. The van der Waals surface area contributed by atoms with Gasteiger partial charge < -0.3 is 15.4 Å². The van der Waals surface area contributed by atoms with Gasteiger partial charge in [-0.25, -0.2) is 0 Å². The summed E-state index contributed by atoms with van der Waals surface area (Å²) in [6, 6.07) is 15.8. The number of ether oxygens (including phenoxy) is 1. The van der Waals surface area contributed by atoms with Gasteiger partial charge in [0.05, 0.1) is 6.04 Å². The van der Waals surface area contributed by atoms with Crippen molar-refractivity contribution in [3.05, 3.63) is 71.3 Å². The highest BCUT2D eigenvalue weighted by Crippen LogP contribution is 2.33. The normalized spacial score (nSPS) is 12.8. The van der Waals surface area contributed by atoms with E-state index in [1.807, 2.05) is 30.3 Å². The molecule has 2 aromatic carbocycles. The molecule has 2 unspecified atom stereocenters. The lowest BCUT2D eigenvalue weighted by Gasteiger charge is -2.23. The number of benzene rings is 2. The maximum atomic E-state index is 12.9. The Morgan fingerprint density at radius 2 is 1.53 bits per heavy atom. The van der Waals surface area contributed by atoms with Crippen LogP contribution in [0.5, 0.6) is 0 Å². The smallest absolute Gasteiger partial charge is 0.265 e. The molecule has 3 N–H and O–H groups in total. The Morgan fingerprint density at radius 3 is 2.08 bits per heavy atom. The quantitative estimate of drug-likeness (QED) is 0.147. The van der Waals surface area contributed by atoms with Crippen molar-refractivity contribution in [2.24, 2.45) is 0 Å². The zero-order valence-corrected chi connectivity index (χ0v) is 22.4. The number of carbonyl (C=O) groups is 3. The molecule has 0 saturated heterocycles. The van der Waals surface area contributed by atoms with E-state index in [0.29, 0.717) is 31.4 Å². The van der Waals surface area contributed by atoms with Gasteiger partial charge >= 0.3 is 0 Å². The predicted octanol–water partition coefficient (Wildman–Crippen LogP) is 5.06. The van der Waals surface area contributed by atoms with E-state index in [0.717, 1.165) is 11.1 Å². The fourth-order valence-corrected chi connectivity index (χ4v) is 3.71. The van der Waals surface area contributed by atoms with E-state index < -0.39 is 21.8 Å². The second-order valence-corrected chi connectivity index (χ2v) is 10.6. The molecular formula is C26H30Cl3N3O4. The van der Waals surface area contributed by atoms with Crippen LogP contribution in [0.2, 0.25) is 0 Å². The summed E-state index contributed by atoms with van der Waals surface area (Å²) in [5, 5.41) is 13.4. The molecule has 2 atom stereocenters. The van der Waals surface area contributed by atoms with E-state index in [2.05, 4.69) is 10.6 Å². The standard InChI is InChI=1S/C26H30Cl3N3O4/c1-17(33)31-15-7-6-10-22(32-18(2)34)23(35)16-19-11-13-21(14-12-19)24(20-8-4-3-5-9-20)36-25(30)26(27,28)29/h3-5,8-9,11-14,22,24,30H,6-7,10,15-16H2,1-2H3,(H,31,33)(H,32,34). The number of halogens is 3. The van der Waals surface area contributed by atoms with Gasteiger partial charge in [-0.05, 0) is 36.0 Å². The Kier molecular flexibility index (Phi) is 11.7. The summed E-state index contributed by atoms with van der Waals surface area (Å²) < 4.78 is 3.72. The third kappa shape index (κ3) is 10.2. The lowest BCUT2D eigenvalue weighted by atomic mass is 9.96. The summed E-state index contributed by atoms with van der Waals surface area (Å²) >= 11 is 17.4. The molecule has 0 aliphatic rings. The zero-order valence-electron chi connectivity index (χ0n) is 20.2. The number of nitrogens with one attached hydrogen (secondary N) is 3. The summed E-state index contributed by atoms with van der Waals surface area (Å²) in [6.45, 7) is 3.36. The minimum absolute atomic E-state index is 0.100. The lowest BCUT2D eigenvalue weighted by Crippen LogP contribution is -2.40. The van der Waals surface area contributed by atoms with Gasteiger partial charge in [-0.1, -0.05) is 89.4 Å². The maximum Gasteiger partial charge on any atom is 0.265 e. The Balaban J connectivity index is 2.10. The van der Waals surface area contributed by atoms with Crippen LogP contribution in [0, 0.1) is 5.41 Å². The van der Waals surface area contributed by atoms with Crippen molar-refractivity contribution in [1.29, 1.82) is 5.41 Å². The topological polar surface area (TPSA) is 108 Å². The summed E-state index contributed by atoms with van der Waals surface area (Å²) in [5.74, 6) is -0.981. The summed E-state index contributed by atoms with van der Waals surface area (Å²) in [4.78, 5) is 35.5. The highest BCUT2D eigenvalue weighted by Gasteiger charge is 2.32. The van der Waals surface area contributed by atoms with Crippen LogP contribution in [0.3, 0.4) is 0 Å². The molecule has 194 valence electrons. The summed E-state index contributed by atoms with van der Waals surface area (Å²) in [5.41, 5.74) is 2.25. The molecule has 10 heteroatoms. The number of Topliss-reactive ketones (excluding diaryl/α,β-unsaturated/α-hetero) is 1. The average molecular weight is 555 g/mol. The minimum atomic E-state index is -2.00. The van der Waals surface area contributed by atoms with Crippen LogP contribution >= 0.6 is 34.8 Å². The molecule has 0 heterocycles. The second-order valence-electron chi connectivity index (χ2n) is 8.35. The van der Waals surface area contributed by atoms with Crippen molar-refractivity contribution in [2.45, 2.75) is 55.5 Å².